The number of nitrogens with zero attached hydrogens (tertiary/aromatic N) is 2. The molecule has 0 saturated carbocycles. The van der Waals surface area contributed by atoms with Crippen molar-refractivity contribution in [1.29, 1.82) is 0 Å². The Morgan fingerprint density at radius 3 is 2.31 bits per heavy atom. The van der Waals surface area contributed by atoms with Crippen LogP contribution in [0.4, 0.5) is 10.5 Å². The Labute approximate surface area is 195 Å². The number of barbiturate groups is 1. The molecule has 0 spiro atoms. The SMILES string of the molecule is Cc1c(Cl)cccc1N1C(=O)NC(=O)/C(=C/c2cc(C)n(-c3ccc(Cl)cc3)c2C)C1=O. The van der Waals surface area contributed by atoms with Gasteiger partial charge in [-0.3, -0.25) is 14.9 Å². The van der Waals surface area contributed by atoms with Crippen molar-refractivity contribution in [3.05, 3.63) is 86.7 Å². The van der Waals surface area contributed by atoms with Gasteiger partial charge in [-0.2, -0.15) is 0 Å². The lowest BCUT2D eigenvalue weighted by molar-refractivity contribution is -0.122. The summed E-state index contributed by atoms with van der Waals surface area (Å²) in [5.41, 5.74) is 4.09. The van der Waals surface area contributed by atoms with Gasteiger partial charge in [0.05, 0.1) is 5.69 Å². The molecule has 1 N–H and O–H groups in total. The van der Waals surface area contributed by atoms with Crippen LogP contribution in [0.25, 0.3) is 11.8 Å². The second-order valence-electron chi connectivity index (χ2n) is 7.48. The molecule has 3 aromatic rings. The Morgan fingerprint density at radius 1 is 0.938 bits per heavy atom. The molecule has 1 aliphatic heterocycles. The van der Waals surface area contributed by atoms with Gasteiger partial charge >= 0.3 is 6.03 Å². The van der Waals surface area contributed by atoms with Crippen LogP contribution in [0.1, 0.15) is 22.5 Å². The molecule has 8 heteroatoms. The molecule has 0 aliphatic carbocycles. The first-order chi connectivity index (χ1) is 15.2. The van der Waals surface area contributed by atoms with Crippen molar-refractivity contribution in [2.45, 2.75) is 20.8 Å². The molecule has 4 amide bonds. The van der Waals surface area contributed by atoms with E-state index in [0.29, 0.717) is 26.9 Å². The third-order valence-corrected chi connectivity index (χ3v) is 6.10. The van der Waals surface area contributed by atoms with E-state index in [0.717, 1.165) is 22.0 Å². The standard InChI is InChI=1S/C24H19Cl2N3O3/c1-13-11-16(15(3)28(13)18-9-7-17(25)8-10-18)12-19-22(30)27-24(32)29(23(19)31)21-6-4-5-20(26)14(21)2/h4-12H,1-3H3,(H,27,30,32)/b19-12-. The number of halogens is 2. The lowest BCUT2D eigenvalue weighted by atomic mass is 10.1. The third kappa shape index (κ3) is 3.72. The van der Waals surface area contributed by atoms with Gasteiger partial charge in [-0.05, 0) is 80.4 Å². The normalized spacial score (nSPS) is 15.5. The van der Waals surface area contributed by atoms with Gasteiger partial charge in [-0.1, -0.05) is 29.3 Å². The smallest absolute Gasteiger partial charge is 0.318 e. The van der Waals surface area contributed by atoms with E-state index in [4.69, 9.17) is 23.2 Å². The summed E-state index contributed by atoms with van der Waals surface area (Å²) < 4.78 is 2.00. The number of carbonyl (C=O) groups is 3. The van der Waals surface area contributed by atoms with E-state index in [-0.39, 0.29) is 5.57 Å². The molecule has 0 radical (unpaired) electrons. The van der Waals surface area contributed by atoms with Crippen LogP contribution in [0.5, 0.6) is 0 Å². The molecule has 32 heavy (non-hydrogen) atoms. The van der Waals surface area contributed by atoms with Gasteiger partial charge in [0.15, 0.2) is 0 Å². The van der Waals surface area contributed by atoms with Crippen LogP contribution in [-0.4, -0.2) is 22.4 Å². The number of hydrogen-bond acceptors (Lipinski definition) is 3. The Bertz CT molecular complexity index is 1310. The minimum absolute atomic E-state index is 0.139. The van der Waals surface area contributed by atoms with Gasteiger partial charge < -0.3 is 4.57 Å². The second-order valence-corrected chi connectivity index (χ2v) is 8.32. The topological polar surface area (TPSA) is 71.4 Å². The third-order valence-electron chi connectivity index (χ3n) is 5.44. The highest BCUT2D eigenvalue weighted by Crippen LogP contribution is 2.30. The molecule has 1 aromatic heterocycles. The number of anilines is 1. The summed E-state index contributed by atoms with van der Waals surface area (Å²) in [5, 5.41) is 3.29. The zero-order chi connectivity index (χ0) is 23.2. The van der Waals surface area contributed by atoms with Crippen LogP contribution in [-0.2, 0) is 9.59 Å². The fourth-order valence-electron chi connectivity index (χ4n) is 3.79. The van der Waals surface area contributed by atoms with E-state index in [9.17, 15) is 14.4 Å². The first-order valence-corrected chi connectivity index (χ1v) is 10.6. The van der Waals surface area contributed by atoms with Gasteiger partial charge in [0.25, 0.3) is 11.8 Å². The molecule has 162 valence electrons. The van der Waals surface area contributed by atoms with Gasteiger partial charge in [-0.15, -0.1) is 0 Å². The molecule has 6 nitrogen and oxygen atoms in total. The van der Waals surface area contributed by atoms with Crippen molar-refractivity contribution in [2.75, 3.05) is 4.90 Å². The van der Waals surface area contributed by atoms with Crippen LogP contribution in [0.2, 0.25) is 10.0 Å². The molecule has 2 aromatic carbocycles. The number of urea groups is 1. The van der Waals surface area contributed by atoms with E-state index in [2.05, 4.69) is 5.32 Å². The van der Waals surface area contributed by atoms with Crippen molar-refractivity contribution in [1.82, 2.24) is 9.88 Å². The largest absolute Gasteiger partial charge is 0.335 e. The highest BCUT2D eigenvalue weighted by Gasteiger charge is 2.37. The minimum atomic E-state index is -0.811. The Morgan fingerprint density at radius 2 is 1.62 bits per heavy atom. The van der Waals surface area contributed by atoms with Gasteiger partial charge in [0, 0.05) is 27.1 Å². The number of aromatic nitrogens is 1. The number of hydrogen-bond donors (Lipinski definition) is 1. The molecule has 2 heterocycles. The number of aryl methyl sites for hydroxylation is 1. The zero-order valence-electron chi connectivity index (χ0n) is 17.6. The molecule has 1 fully saturated rings. The van der Waals surface area contributed by atoms with Crippen molar-refractivity contribution < 1.29 is 14.4 Å². The van der Waals surface area contributed by atoms with Crippen LogP contribution in [0, 0.1) is 20.8 Å². The predicted molar refractivity (Wildman–Crippen MR) is 125 cm³/mol. The molecule has 0 unspecified atom stereocenters. The number of benzene rings is 2. The molecule has 0 bridgehead atoms. The number of carbonyl (C=O) groups excluding carboxylic acids is 3. The summed E-state index contributed by atoms with van der Waals surface area (Å²) in [5.74, 6) is -1.45. The fraction of sp³-hybridized carbons (Fsp3) is 0.125. The summed E-state index contributed by atoms with van der Waals surface area (Å²) >= 11 is 12.2. The molecule has 1 aliphatic rings. The van der Waals surface area contributed by atoms with Crippen molar-refractivity contribution in [3.8, 4) is 5.69 Å². The Balaban J connectivity index is 1.78. The van der Waals surface area contributed by atoms with Crippen molar-refractivity contribution in [2.24, 2.45) is 0 Å². The average molecular weight is 468 g/mol. The Kier molecular flexibility index (Phi) is 5.67. The van der Waals surface area contributed by atoms with Crippen molar-refractivity contribution in [3.63, 3.8) is 0 Å². The average Bonchev–Trinajstić information content (AvgIpc) is 3.02. The molecule has 0 atom stereocenters. The number of rotatable bonds is 3. The van der Waals surface area contributed by atoms with Gasteiger partial charge in [0.1, 0.15) is 5.57 Å². The first kappa shape index (κ1) is 21.9. The highest BCUT2D eigenvalue weighted by molar-refractivity contribution is 6.40. The van der Waals surface area contributed by atoms with E-state index >= 15 is 0 Å². The van der Waals surface area contributed by atoms with E-state index in [1.165, 1.54) is 6.08 Å². The number of imide groups is 2. The number of amides is 4. The predicted octanol–water partition coefficient (Wildman–Crippen LogP) is 5.38. The summed E-state index contributed by atoms with van der Waals surface area (Å²) in [4.78, 5) is 39.2. The quantitative estimate of drug-likeness (QED) is 0.415. The Hall–Kier alpha value is -3.35. The first-order valence-electron chi connectivity index (χ1n) is 9.80. The van der Waals surface area contributed by atoms with E-state index in [1.807, 2.05) is 36.6 Å². The zero-order valence-corrected chi connectivity index (χ0v) is 19.1. The van der Waals surface area contributed by atoms with Crippen LogP contribution in [0.3, 0.4) is 0 Å². The molecular formula is C24H19Cl2N3O3. The lowest BCUT2D eigenvalue weighted by Crippen LogP contribution is -2.54. The molecule has 1 saturated heterocycles. The van der Waals surface area contributed by atoms with Gasteiger partial charge in [-0.25, -0.2) is 9.69 Å². The lowest BCUT2D eigenvalue weighted by Gasteiger charge is -2.27. The fourth-order valence-corrected chi connectivity index (χ4v) is 4.09. The summed E-state index contributed by atoms with van der Waals surface area (Å²) in [6, 6.07) is 13.4. The maximum absolute atomic E-state index is 13.2. The van der Waals surface area contributed by atoms with Crippen LogP contribution >= 0.6 is 23.2 Å². The highest BCUT2D eigenvalue weighted by atomic mass is 35.5. The van der Waals surface area contributed by atoms with E-state index in [1.54, 1.807) is 37.3 Å². The summed E-state index contributed by atoms with van der Waals surface area (Å²) in [6.45, 7) is 5.53. The van der Waals surface area contributed by atoms with Gasteiger partial charge in [0.2, 0.25) is 0 Å². The molecule has 4 rings (SSSR count). The molecular weight excluding hydrogens is 449 g/mol. The van der Waals surface area contributed by atoms with E-state index < -0.39 is 17.8 Å². The number of nitrogens with one attached hydrogen (secondary N) is 1. The monoisotopic (exact) mass is 467 g/mol. The second kappa shape index (κ2) is 8.30. The van der Waals surface area contributed by atoms with Crippen LogP contribution in [0.15, 0.2) is 54.1 Å². The summed E-state index contributed by atoms with van der Waals surface area (Å²) in [7, 11) is 0. The maximum atomic E-state index is 13.2. The van der Waals surface area contributed by atoms with Crippen LogP contribution < -0.4 is 10.2 Å². The minimum Gasteiger partial charge on any atom is -0.318 e. The maximum Gasteiger partial charge on any atom is 0.335 e. The van der Waals surface area contributed by atoms with Crippen molar-refractivity contribution >= 4 is 52.8 Å². The summed E-state index contributed by atoms with van der Waals surface area (Å²) in [6.07, 6.45) is 1.51.